The molecule has 5 heteroatoms. The topological polar surface area (TPSA) is 40.6 Å². The molecule has 0 aromatic carbocycles. The Bertz CT molecular complexity index is 361. The molecule has 1 heterocycles. The number of rotatable bonds is 3. The van der Waals surface area contributed by atoms with Gasteiger partial charge in [-0.2, -0.15) is 4.31 Å². The summed E-state index contributed by atoms with van der Waals surface area (Å²) in [6.07, 6.45) is 5.32. The van der Waals surface area contributed by atoms with Crippen LogP contribution in [0.4, 0.5) is 0 Å². The van der Waals surface area contributed by atoms with Crippen LogP contribution in [0.25, 0.3) is 0 Å². The van der Waals surface area contributed by atoms with Gasteiger partial charge in [-0.25, -0.2) is 8.42 Å². The van der Waals surface area contributed by atoms with E-state index >= 15 is 0 Å². The van der Waals surface area contributed by atoms with Crippen molar-refractivity contribution in [3.63, 3.8) is 0 Å². The highest BCUT2D eigenvalue weighted by molar-refractivity contribution is 7.89. The molecule has 0 aromatic rings. The highest BCUT2D eigenvalue weighted by Gasteiger charge is 2.32. The first-order chi connectivity index (χ1) is 8.54. The number of hydrogen-bond acceptors (Lipinski definition) is 3. The first-order valence-corrected chi connectivity index (χ1v) is 8.87. The van der Waals surface area contributed by atoms with E-state index in [0.29, 0.717) is 19.1 Å². The number of sulfonamides is 1. The van der Waals surface area contributed by atoms with Gasteiger partial charge < -0.3 is 0 Å². The molecule has 106 valence electrons. The lowest BCUT2D eigenvalue weighted by Gasteiger charge is -2.43. The second-order valence-electron chi connectivity index (χ2n) is 5.66. The summed E-state index contributed by atoms with van der Waals surface area (Å²) in [5.41, 5.74) is 0. The van der Waals surface area contributed by atoms with Crippen molar-refractivity contribution in [1.29, 1.82) is 0 Å². The van der Waals surface area contributed by atoms with Crippen molar-refractivity contribution in [3.05, 3.63) is 0 Å². The van der Waals surface area contributed by atoms with E-state index in [2.05, 4.69) is 11.8 Å². The third kappa shape index (κ3) is 3.06. The van der Waals surface area contributed by atoms with Crippen molar-refractivity contribution < 1.29 is 8.42 Å². The van der Waals surface area contributed by atoms with Crippen LogP contribution in [0.15, 0.2) is 0 Å². The Balaban J connectivity index is 1.90. The van der Waals surface area contributed by atoms with Crippen LogP contribution in [-0.2, 0) is 10.0 Å². The summed E-state index contributed by atoms with van der Waals surface area (Å²) in [5, 5.41) is 0. The van der Waals surface area contributed by atoms with Crippen LogP contribution >= 0.6 is 0 Å². The molecule has 1 aliphatic heterocycles. The Kier molecular flexibility index (Phi) is 4.67. The fourth-order valence-electron chi connectivity index (χ4n) is 3.34. The van der Waals surface area contributed by atoms with Crippen molar-refractivity contribution in [3.8, 4) is 0 Å². The second-order valence-corrected chi connectivity index (χ2v) is 7.92. The van der Waals surface area contributed by atoms with E-state index in [0.717, 1.165) is 19.0 Å². The maximum atomic E-state index is 11.8. The van der Waals surface area contributed by atoms with E-state index < -0.39 is 10.0 Å². The van der Waals surface area contributed by atoms with Crippen LogP contribution in [-0.4, -0.2) is 55.6 Å². The van der Waals surface area contributed by atoms with E-state index in [1.165, 1.54) is 25.7 Å². The zero-order chi connectivity index (χ0) is 13.2. The SMILES string of the molecule is CCS(=O)(=O)N1CCN(C2CCCCC2C)CC1. The molecule has 2 atom stereocenters. The molecule has 2 unspecified atom stereocenters. The molecular weight excluding hydrogens is 248 g/mol. The smallest absolute Gasteiger partial charge is 0.213 e. The third-order valence-corrected chi connectivity index (χ3v) is 6.45. The lowest BCUT2D eigenvalue weighted by Crippen LogP contribution is -2.54. The van der Waals surface area contributed by atoms with Crippen molar-refractivity contribution in [2.24, 2.45) is 5.92 Å². The monoisotopic (exact) mass is 274 g/mol. The molecule has 0 N–H and O–H groups in total. The lowest BCUT2D eigenvalue weighted by molar-refractivity contribution is 0.0786. The Morgan fingerprint density at radius 2 is 1.67 bits per heavy atom. The van der Waals surface area contributed by atoms with Crippen LogP contribution in [0.3, 0.4) is 0 Å². The highest BCUT2D eigenvalue weighted by Crippen LogP contribution is 2.28. The lowest BCUT2D eigenvalue weighted by atomic mass is 9.84. The molecule has 0 amide bonds. The summed E-state index contributed by atoms with van der Waals surface area (Å²) >= 11 is 0. The molecule has 2 rings (SSSR count). The molecular formula is C13H26N2O2S. The summed E-state index contributed by atoms with van der Waals surface area (Å²) < 4.78 is 25.3. The predicted octanol–water partition coefficient (Wildman–Crippen LogP) is 1.53. The van der Waals surface area contributed by atoms with E-state index in [1.807, 2.05) is 0 Å². The van der Waals surface area contributed by atoms with E-state index in [9.17, 15) is 8.42 Å². The summed E-state index contributed by atoms with van der Waals surface area (Å²) in [7, 11) is -2.98. The molecule has 18 heavy (non-hydrogen) atoms. The molecule has 4 nitrogen and oxygen atoms in total. The fourth-order valence-corrected chi connectivity index (χ4v) is 4.42. The van der Waals surface area contributed by atoms with Gasteiger partial charge in [-0.05, 0) is 25.7 Å². The van der Waals surface area contributed by atoms with Crippen molar-refractivity contribution in [2.45, 2.75) is 45.6 Å². The maximum absolute atomic E-state index is 11.8. The van der Waals surface area contributed by atoms with Crippen LogP contribution in [0.1, 0.15) is 39.5 Å². The molecule has 0 bridgehead atoms. The zero-order valence-electron chi connectivity index (χ0n) is 11.6. The summed E-state index contributed by atoms with van der Waals surface area (Å²) in [5.74, 6) is 1.00. The largest absolute Gasteiger partial charge is 0.298 e. The molecule has 1 aliphatic carbocycles. The fraction of sp³-hybridized carbons (Fsp3) is 1.00. The van der Waals surface area contributed by atoms with Crippen LogP contribution in [0.2, 0.25) is 0 Å². The zero-order valence-corrected chi connectivity index (χ0v) is 12.5. The Hall–Kier alpha value is -0.130. The van der Waals surface area contributed by atoms with Gasteiger partial charge in [0.05, 0.1) is 5.75 Å². The predicted molar refractivity (Wildman–Crippen MR) is 74.0 cm³/mol. The van der Waals surface area contributed by atoms with Crippen molar-refractivity contribution in [1.82, 2.24) is 9.21 Å². The summed E-state index contributed by atoms with van der Waals surface area (Å²) in [6, 6.07) is 0.685. The van der Waals surface area contributed by atoms with Gasteiger partial charge in [-0.15, -0.1) is 0 Å². The Labute approximate surface area is 111 Å². The van der Waals surface area contributed by atoms with E-state index in [4.69, 9.17) is 0 Å². The van der Waals surface area contributed by atoms with Crippen molar-refractivity contribution in [2.75, 3.05) is 31.9 Å². The molecule has 1 saturated carbocycles. The molecule has 2 fully saturated rings. The van der Waals surface area contributed by atoms with Crippen LogP contribution in [0, 0.1) is 5.92 Å². The Morgan fingerprint density at radius 1 is 1.06 bits per heavy atom. The standard InChI is InChI=1S/C13H26N2O2S/c1-3-18(16,17)15-10-8-14(9-11-15)13-7-5-4-6-12(13)2/h12-13H,3-11H2,1-2H3. The van der Waals surface area contributed by atoms with Gasteiger partial charge in [-0.1, -0.05) is 19.8 Å². The van der Waals surface area contributed by atoms with Gasteiger partial charge >= 0.3 is 0 Å². The maximum Gasteiger partial charge on any atom is 0.213 e. The third-order valence-electron chi connectivity index (χ3n) is 4.57. The quantitative estimate of drug-likeness (QED) is 0.784. The second kappa shape index (κ2) is 5.88. The molecule has 0 spiro atoms. The minimum atomic E-state index is -2.98. The van der Waals surface area contributed by atoms with Crippen LogP contribution in [0.5, 0.6) is 0 Å². The average molecular weight is 274 g/mol. The van der Waals surface area contributed by atoms with E-state index in [-0.39, 0.29) is 5.75 Å². The van der Waals surface area contributed by atoms with Gasteiger partial charge in [0, 0.05) is 32.2 Å². The normalized spacial score (nSPS) is 32.6. The minimum absolute atomic E-state index is 0.229. The van der Waals surface area contributed by atoms with Gasteiger partial charge in [0.15, 0.2) is 0 Å². The minimum Gasteiger partial charge on any atom is -0.298 e. The van der Waals surface area contributed by atoms with Gasteiger partial charge in [0.25, 0.3) is 0 Å². The van der Waals surface area contributed by atoms with Gasteiger partial charge in [-0.3, -0.25) is 4.90 Å². The summed E-state index contributed by atoms with van der Waals surface area (Å²) in [4.78, 5) is 2.52. The Morgan fingerprint density at radius 3 is 2.22 bits per heavy atom. The first kappa shape index (κ1) is 14.3. The van der Waals surface area contributed by atoms with Crippen LogP contribution < -0.4 is 0 Å². The van der Waals surface area contributed by atoms with Gasteiger partial charge in [0.2, 0.25) is 10.0 Å². The van der Waals surface area contributed by atoms with Crippen molar-refractivity contribution >= 4 is 10.0 Å². The number of nitrogens with zero attached hydrogens (tertiary/aromatic N) is 2. The summed E-state index contributed by atoms with van der Waals surface area (Å²) in [6.45, 7) is 7.26. The number of piperazine rings is 1. The van der Waals surface area contributed by atoms with Gasteiger partial charge in [0.1, 0.15) is 0 Å². The number of hydrogen-bond donors (Lipinski definition) is 0. The molecule has 0 radical (unpaired) electrons. The first-order valence-electron chi connectivity index (χ1n) is 7.26. The molecule has 0 aromatic heterocycles. The highest BCUT2D eigenvalue weighted by atomic mass is 32.2. The average Bonchev–Trinajstić information content (AvgIpc) is 2.39. The van der Waals surface area contributed by atoms with E-state index in [1.54, 1.807) is 11.2 Å². The molecule has 1 saturated heterocycles. The molecule has 2 aliphatic rings.